The fourth-order valence-corrected chi connectivity index (χ4v) is 2.46. The number of pyridine rings is 1. The summed E-state index contributed by atoms with van der Waals surface area (Å²) in [5.41, 5.74) is 1.29. The van der Waals surface area contributed by atoms with Gasteiger partial charge in [-0.25, -0.2) is 0 Å². The minimum atomic E-state index is 0.304. The van der Waals surface area contributed by atoms with Gasteiger partial charge in [-0.3, -0.25) is 9.88 Å². The first-order valence-corrected chi connectivity index (χ1v) is 5.52. The van der Waals surface area contributed by atoms with Crippen LogP contribution in [0.15, 0.2) is 24.5 Å². The zero-order chi connectivity index (χ0) is 10.7. The molecular formula is C12H18N2O. The average molecular weight is 206 g/mol. The molecule has 2 rings (SSSR count). The molecule has 15 heavy (non-hydrogen) atoms. The zero-order valence-electron chi connectivity index (χ0n) is 9.13. The first-order valence-electron chi connectivity index (χ1n) is 5.52. The second kappa shape index (κ2) is 4.73. The Morgan fingerprint density at radius 1 is 1.60 bits per heavy atom. The molecule has 0 unspecified atom stereocenters. The smallest absolute Gasteiger partial charge is 0.0434 e. The molecule has 0 saturated carbocycles. The molecule has 1 aromatic rings. The summed E-state index contributed by atoms with van der Waals surface area (Å²) in [5.74, 6) is 0.630. The molecule has 2 heterocycles. The van der Waals surface area contributed by atoms with Crippen molar-refractivity contribution in [2.75, 3.05) is 20.2 Å². The summed E-state index contributed by atoms with van der Waals surface area (Å²) in [5, 5.41) is 8.94. The van der Waals surface area contributed by atoms with E-state index in [1.165, 1.54) is 5.56 Å². The lowest BCUT2D eigenvalue weighted by atomic mass is 9.99. The van der Waals surface area contributed by atoms with Gasteiger partial charge < -0.3 is 5.11 Å². The van der Waals surface area contributed by atoms with Gasteiger partial charge in [0.15, 0.2) is 0 Å². The highest BCUT2D eigenvalue weighted by Gasteiger charge is 2.29. The summed E-state index contributed by atoms with van der Waals surface area (Å²) >= 11 is 0. The normalized spacial score (nSPS) is 27.1. The third kappa shape index (κ3) is 2.36. The molecule has 3 nitrogen and oxygen atoms in total. The molecule has 3 heteroatoms. The van der Waals surface area contributed by atoms with E-state index in [1.54, 1.807) is 0 Å². The Balaban J connectivity index is 2.05. The van der Waals surface area contributed by atoms with Crippen LogP contribution in [-0.4, -0.2) is 35.2 Å². The second-order valence-corrected chi connectivity index (χ2v) is 4.36. The fraction of sp³-hybridized carbons (Fsp3) is 0.583. The Kier molecular flexibility index (Phi) is 3.34. The number of likely N-dealkylation sites (tertiary alicyclic amines) is 1. The summed E-state index contributed by atoms with van der Waals surface area (Å²) in [6.45, 7) is 1.39. The largest absolute Gasteiger partial charge is 0.396 e. The van der Waals surface area contributed by atoms with E-state index in [9.17, 15) is 0 Å². The molecule has 1 aliphatic rings. The molecule has 1 aliphatic heterocycles. The van der Waals surface area contributed by atoms with Gasteiger partial charge in [-0.05, 0) is 37.4 Å². The Bertz CT molecular complexity index is 302. The van der Waals surface area contributed by atoms with E-state index in [-0.39, 0.29) is 0 Å². The highest BCUT2D eigenvalue weighted by molar-refractivity contribution is 5.15. The average Bonchev–Trinajstić information content (AvgIpc) is 2.61. The van der Waals surface area contributed by atoms with Gasteiger partial charge in [-0.15, -0.1) is 0 Å². The lowest BCUT2D eigenvalue weighted by molar-refractivity contribution is 0.255. The predicted octanol–water partition coefficient (Wildman–Crippen LogP) is 1.46. The van der Waals surface area contributed by atoms with E-state index in [1.807, 2.05) is 18.5 Å². The Morgan fingerprint density at radius 2 is 2.47 bits per heavy atom. The van der Waals surface area contributed by atoms with Gasteiger partial charge in [0.1, 0.15) is 0 Å². The summed E-state index contributed by atoms with van der Waals surface area (Å²) in [7, 11) is 2.15. The lowest BCUT2D eigenvalue weighted by Crippen LogP contribution is -2.18. The van der Waals surface area contributed by atoms with Gasteiger partial charge in [-0.2, -0.15) is 0 Å². The maximum Gasteiger partial charge on any atom is 0.0434 e. The van der Waals surface area contributed by atoms with Crippen molar-refractivity contribution in [2.45, 2.75) is 18.9 Å². The van der Waals surface area contributed by atoms with Gasteiger partial charge in [0.25, 0.3) is 0 Å². The molecule has 0 bridgehead atoms. The van der Waals surface area contributed by atoms with E-state index >= 15 is 0 Å². The maximum atomic E-state index is 8.94. The molecule has 82 valence electrons. The number of rotatable bonds is 3. The van der Waals surface area contributed by atoms with Crippen LogP contribution in [0.3, 0.4) is 0 Å². The molecule has 1 saturated heterocycles. The molecule has 0 radical (unpaired) electrons. The van der Waals surface area contributed by atoms with Crippen LogP contribution >= 0.6 is 0 Å². The first-order chi connectivity index (χ1) is 7.31. The van der Waals surface area contributed by atoms with E-state index in [0.717, 1.165) is 19.4 Å². The van der Waals surface area contributed by atoms with E-state index < -0.39 is 0 Å². The number of hydrogen-bond acceptors (Lipinski definition) is 3. The Morgan fingerprint density at radius 3 is 3.13 bits per heavy atom. The van der Waals surface area contributed by atoms with Gasteiger partial charge in [0.2, 0.25) is 0 Å². The molecule has 1 aromatic heterocycles. The van der Waals surface area contributed by atoms with Crippen molar-refractivity contribution in [3.63, 3.8) is 0 Å². The molecule has 0 spiro atoms. The molecule has 1 N–H and O–H groups in total. The van der Waals surface area contributed by atoms with E-state index in [4.69, 9.17) is 5.11 Å². The van der Waals surface area contributed by atoms with Crippen LogP contribution < -0.4 is 0 Å². The van der Waals surface area contributed by atoms with Gasteiger partial charge in [-0.1, -0.05) is 6.07 Å². The third-order valence-corrected chi connectivity index (χ3v) is 3.24. The van der Waals surface area contributed by atoms with Crippen molar-refractivity contribution in [3.8, 4) is 0 Å². The first kappa shape index (κ1) is 10.6. The van der Waals surface area contributed by atoms with Crippen molar-refractivity contribution in [1.29, 1.82) is 0 Å². The van der Waals surface area contributed by atoms with E-state index in [2.05, 4.69) is 23.0 Å². The summed E-state index contributed by atoms with van der Waals surface area (Å²) in [4.78, 5) is 6.52. The number of nitrogens with zero attached hydrogens (tertiary/aromatic N) is 2. The number of aliphatic hydroxyl groups is 1. The van der Waals surface area contributed by atoms with Gasteiger partial charge >= 0.3 is 0 Å². The standard InChI is InChI=1S/C12H18N2O/c1-14-9-10(4-6-15)7-12(14)11-3-2-5-13-8-11/h2-3,5,8,10,12,15H,4,6-7,9H2,1H3/t10-,12+/m1/s1. The SMILES string of the molecule is CN1C[C@H](CCO)C[C@H]1c1cccnc1. The van der Waals surface area contributed by atoms with Crippen LogP contribution in [0.1, 0.15) is 24.4 Å². The van der Waals surface area contributed by atoms with Crippen molar-refractivity contribution in [2.24, 2.45) is 5.92 Å². The number of aliphatic hydroxyl groups excluding tert-OH is 1. The number of aromatic nitrogens is 1. The Hall–Kier alpha value is -0.930. The predicted molar refractivity (Wildman–Crippen MR) is 59.4 cm³/mol. The summed E-state index contributed by atoms with van der Waals surface area (Å²) in [6.07, 6.45) is 5.82. The van der Waals surface area contributed by atoms with Gasteiger partial charge in [0.05, 0.1) is 0 Å². The zero-order valence-corrected chi connectivity index (χ0v) is 9.13. The molecule has 0 amide bonds. The number of hydrogen-bond donors (Lipinski definition) is 1. The Labute approximate surface area is 90.8 Å². The molecular weight excluding hydrogens is 188 g/mol. The second-order valence-electron chi connectivity index (χ2n) is 4.36. The summed E-state index contributed by atoms with van der Waals surface area (Å²) in [6, 6.07) is 4.60. The van der Waals surface area contributed by atoms with Crippen molar-refractivity contribution in [1.82, 2.24) is 9.88 Å². The fourth-order valence-electron chi connectivity index (χ4n) is 2.46. The molecule has 0 aliphatic carbocycles. The monoisotopic (exact) mass is 206 g/mol. The lowest BCUT2D eigenvalue weighted by Gasteiger charge is -2.18. The quantitative estimate of drug-likeness (QED) is 0.813. The van der Waals surface area contributed by atoms with Crippen LogP contribution in [0.2, 0.25) is 0 Å². The highest BCUT2D eigenvalue weighted by Crippen LogP contribution is 2.34. The van der Waals surface area contributed by atoms with Crippen LogP contribution in [0, 0.1) is 5.92 Å². The van der Waals surface area contributed by atoms with Crippen LogP contribution in [0.25, 0.3) is 0 Å². The van der Waals surface area contributed by atoms with Crippen molar-refractivity contribution in [3.05, 3.63) is 30.1 Å². The molecule has 1 fully saturated rings. The van der Waals surface area contributed by atoms with Crippen LogP contribution in [0.5, 0.6) is 0 Å². The van der Waals surface area contributed by atoms with Crippen LogP contribution in [0.4, 0.5) is 0 Å². The summed E-state index contributed by atoms with van der Waals surface area (Å²) < 4.78 is 0. The minimum Gasteiger partial charge on any atom is -0.396 e. The van der Waals surface area contributed by atoms with Crippen molar-refractivity contribution >= 4 is 0 Å². The third-order valence-electron chi connectivity index (χ3n) is 3.24. The topological polar surface area (TPSA) is 36.4 Å². The highest BCUT2D eigenvalue weighted by atomic mass is 16.3. The van der Waals surface area contributed by atoms with E-state index in [0.29, 0.717) is 18.6 Å². The van der Waals surface area contributed by atoms with Crippen LogP contribution in [-0.2, 0) is 0 Å². The minimum absolute atomic E-state index is 0.304. The maximum absolute atomic E-state index is 8.94. The van der Waals surface area contributed by atoms with Crippen molar-refractivity contribution < 1.29 is 5.11 Å². The molecule has 2 atom stereocenters. The van der Waals surface area contributed by atoms with Gasteiger partial charge in [0, 0.05) is 31.6 Å². The molecule has 0 aromatic carbocycles.